The Bertz CT molecular complexity index is 381. The zero-order valence-electron chi connectivity index (χ0n) is 9.05. The maximum absolute atomic E-state index is 11.9. The number of carbonyl (C=O) groups is 1. The standard InChI is InChI=1S/C9H14N4O2S/c1-15-5-6-2-3-13(4-6)8(14)7-11-12-9(10)16-7/h6H,2-5H2,1H3,(H2,10,12). The van der Waals surface area contributed by atoms with Gasteiger partial charge in [-0.05, 0) is 6.42 Å². The number of likely N-dealkylation sites (tertiary alicyclic amines) is 1. The van der Waals surface area contributed by atoms with Crippen LogP contribution in [0.5, 0.6) is 0 Å². The lowest BCUT2D eigenvalue weighted by Gasteiger charge is -2.14. The van der Waals surface area contributed by atoms with Crippen molar-refractivity contribution in [2.24, 2.45) is 5.92 Å². The number of nitrogens with two attached hydrogens (primary N) is 1. The maximum atomic E-state index is 11.9. The molecule has 2 heterocycles. The van der Waals surface area contributed by atoms with E-state index in [1.807, 2.05) is 0 Å². The third-order valence-corrected chi connectivity index (χ3v) is 3.34. The van der Waals surface area contributed by atoms with Crippen molar-refractivity contribution in [2.45, 2.75) is 6.42 Å². The van der Waals surface area contributed by atoms with E-state index in [-0.39, 0.29) is 5.91 Å². The molecule has 6 nitrogen and oxygen atoms in total. The summed E-state index contributed by atoms with van der Waals surface area (Å²) in [5.41, 5.74) is 5.44. The summed E-state index contributed by atoms with van der Waals surface area (Å²) in [6.07, 6.45) is 0.980. The van der Waals surface area contributed by atoms with Gasteiger partial charge in [0, 0.05) is 26.1 Å². The highest BCUT2D eigenvalue weighted by Crippen LogP contribution is 2.20. The lowest BCUT2D eigenvalue weighted by atomic mass is 10.1. The lowest BCUT2D eigenvalue weighted by molar-refractivity contribution is 0.0774. The van der Waals surface area contributed by atoms with E-state index in [0.717, 1.165) is 30.8 Å². The van der Waals surface area contributed by atoms with E-state index in [4.69, 9.17) is 10.5 Å². The van der Waals surface area contributed by atoms with Gasteiger partial charge < -0.3 is 15.4 Å². The third kappa shape index (κ3) is 2.30. The van der Waals surface area contributed by atoms with Crippen molar-refractivity contribution >= 4 is 22.4 Å². The summed E-state index contributed by atoms with van der Waals surface area (Å²) in [7, 11) is 1.68. The van der Waals surface area contributed by atoms with Gasteiger partial charge in [0.1, 0.15) is 0 Å². The van der Waals surface area contributed by atoms with Crippen molar-refractivity contribution in [3.05, 3.63) is 5.01 Å². The van der Waals surface area contributed by atoms with Crippen molar-refractivity contribution in [3.8, 4) is 0 Å². The van der Waals surface area contributed by atoms with Crippen molar-refractivity contribution < 1.29 is 9.53 Å². The highest BCUT2D eigenvalue weighted by Gasteiger charge is 2.28. The monoisotopic (exact) mass is 242 g/mol. The van der Waals surface area contributed by atoms with Crippen LogP contribution in [0, 0.1) is 5.92 Å². The molecule has 1 saturated heterocycles. The number of nitrogen functional groups attached to an aromatic ring is 1. The van der Waals surface area contributed by atoms with E-state index in [1.165, 1.54) is 0 Å². The molecule has 2 N–H and O–H groups in total. The first-order valence-electron chi connectivity index (χ1n) is 5.08. The van der Waals surface area contributed by atoms with Crippen LogP contribution >= 0.6 is 11.3 Å². The van der Waals surface area contributed by atoms with E-state index in [2.05, 4.69) is 10.2 Å². The average molecular weight is 242 g/mol. The zero-order chi connectivity index (χ0) is 11.5. The number of ether oxygens (including phenoxy) is 1. The lowest BCUT2D eigenvalue weighted by Crippen LogP contribution is -2.29. The van der Waals surface area contributed by atoms with Gasteiger partial charge in [0.2, 0.25) is 10.1 Å². The molecule has 1 aromatic rings. The number of anilines is 1. The van der Waals surface area contributed by atoms with Crippen molar-refractivity contribution in [2.75, 3.05) is 32.5 Å². The minimum Gasteiger partial charge on any atom is -0.384 e. The number of amides is 1. The second-order valence-corrected chi connectivity index (χ2v) is 4.82. The van der Waals surface area contributed by atoms with Crippen LogP contribution in [-0.4, -0.2) is 47.8 Å². The minimum absolute atomic E-state index is 0.0761. The first-order chi connectivity index (χ1) is 7.70. The Balaban J connectivity index is 1.97. The molecule has 1 amide bonds. The first kappa shape index (κ1) is 11.3. The highest BCUT2D eigenvalue weighted by molar-refractivity contribution is 7.16. The van der Waals surface area contributed by atoms with Crippen LogP contribution in [-0.2, 0) is 4.74 Å². The minimum atomic E-state index is -0.0761. The molecule has 0 aromatic carbocycles. The Kier molecular flexibility index (Phi) is 3.35. The number of hydrogen-bond acceptors (Lipinski definition) is 6. The van der Waals surface area contributed by atoms with Crippen LogP contribution in [0.1, 0.15) is 16.2 Å². The van der Waals surface area contributed by atoms with Crippen LogP contribution in [0.2, 0.25) is 0 Å². The number of aromatic nitrogens is 2. The fourth-order valence-electron chi connectivity index (χ4n) is 1.85. The van der Waals surface area contributed by atoms with E-state index in [9.17, 15) is 4.79 Å². The molecule has 1 aliphatic heterocycles. The van der Waals surface area contributed by atoms with Gasteiger partial charge in [0.15, 0.2) is 0 Å². The molecule has 1 aromatic heterocycles. The van der Waals surface area contributed by atoms with Gasteiger partial charge in [0.05, 0.1) is 6.61 Å². The second-order valence-electron chi connectivity index (χ2n) is 3.81. The van der Waals surface area contributed by atoms with Gasteiger partial charge in [0.25, 0.3) is 5.91 Å². The predicted octanol–water partition coefficient (Wildman–Crippen LogP) is 0.229. The van der Waals surface area contributed by atoms with Crippen LogP contribution in [0.4, 0.5) is 5.13 Å². The quantitative estimate of drug-likeness (QED) is 0.820. The molecule has 2 rings (SSSR count). The SMILES string of the molecule is COCC1CCN(C(=O)c2nnc(N)s2)C1. The Morgan fingerprint density at radius 2 is 2.50 bits per heavy atom. The zero-order valence-corrected chi connectivity index (χ0v) is 9.87. The summed E-state index contributed by atoms with van der Waals surface area (Å²) < 4.78 is 5.08. The van der Waals surface area contributed by atoms with Gasteiger partial charge in [-0.3, -0.25) is 4.79 Å². The van der Waals surface area contributed by atoms with Gasteiger partial charge >= 0.3 is 0 Å². The van der Waals surface area contributed by atoms with Crippen molar-refractivity contribution in [1.29, 1.82) is 0 Å². The van der Waals surface area contributed by atoms with Gasteiger partial charge in [-0.1, -0.05) is 11.3 Å². The fraction of sp³-hybridized carbons (Fsp3) is 0.667. The van der Waals surface area contributed by atoms with Crippen LogP contribution < -0.4 is 5.73 Å². The Morgan fingerprint density at radius 1 is 1.69 bits per heavy atom. The highest BCUT2D eigenvalue weighted by atomic mass is 32.1. The summed E-state index contributed by atoms with van der Waals surface area (Å²) in [6.45, 7) is 2.18. The number of methoxy groups -OCH3 is 1. The average Bonchev–Trinajstić information content (AvgIpc) is 2.87. The molecule has 0 spiro atoms. The molecule has 7 heteroatoms. The smallest absolute Gasteiger partial charge is 0.284 e. The van der Waals surface area contributed by atoms with Crippen molar-refractivity contribution in [1.82, 2.24) is 15.1 Å². The molecular formula is C9H14N4O2S. The molecule has 1 unspecified atom stereocenters. The Labute approximate surface area is 97.4 Å². The Hall–Kier alpha value is -1.21. The molecule has 1 atom stereocenters. The third-order valence-electron chi connectivity index (χ3n) is 2.60. The number of nitrogens with zero attached hydrogens (tertiary/aromatic N) is 3. The fourth-order valence-corrected chi connectivity index (χ4v) is 2.42. The normalized spacial score (nSPS) is 20.3. The summed E-state index contributed by atoms with van der Waals surface area (Å²) in [6, 6.07) is 0. The van der Waals surface area contributed by atoms with Gasteiger partial charge in [-0.25, -0.2) is 0 Å². The number of carbonyl (C=O) groups excluding carboxylic acids is 1. The van der Waals surface area contributed by atoms with Crippen LogP contribution in [0.25, 0.3) is 0 Å². The number of rotatable bonds is 3. The molecule has 16 heavy (non-hydrogen) atoms. The molecule has 1 fully saturated rings. The predicted molar refractivity (Wildman–Crippen MR) is 60.2 cm³/mol. The maximum Gasteiger partial charge on any atom is 0.284 e. The van der Waals surface area contributed by atoms with E-state index >= 15 is 0 Å². The summed E-state index contributed by atoms with van der Waals surface area (Å²) >= 11 is 1.13. The topological polar surface area (TPSA) is 81.3 Å². The Morgan fingerprint density at radius 3 is 3.12 bits per heavy atom. The molecule has 0 saturated carbocycles. The van der Waals surface area contributed by atoms with E-state index in [0.29, 0.717) is 22.7 Å². The van der Waals surface area contributed by atoms with Gasteiger partial charge in [-0.2, -0.15) is 0 Å². The first-order valence-corrected chi connectivity index (χ1v) is 5.89. The molecule has 0 aliphatic carbocycles. The largest absolute Gasteiger partial charge is 0.384 e. The van der Waals surface area contributed by atoms with E-state index < -0.39 is 0 Å². The summed E-state index contributed by atoms with van der Waals surface area (Å²) in [5, 5.41) is 8.09. The summed E-state index contributed by atoms with van der Waals surface area (Å²) in [5.74, 6) is 0.354. The van der Waals surface area contributed by atoms with Gasteiger partial charge in [-0.15, -0.1) is 10.2 Å². The number of hydrogen-bond donors (Lipinski definition) is 1. The summed E-state index contributed by atoms with van der Waals surface area (Å²) in [4.78, 5) is 13.7. The van der Waals surface area contributed by atoms with E-state index in [1.54, 1.807) is 12.0 Å². The van der Waals surface area contributed by atoms with Crippen LogP contribution in [0.15, 0.2) is 0 Å². The van der Waals surface area contributed by atoms with Crippen molar-refractivity contribution in [3.63, 3.8) is 0 Å². The molecule has 1 aliphatic rings. The molecule has 0 radical (unpaired) electrons. The second kappa shape index (κ2) is 4.75. The van der Waals surface area contributed by atoms with Crippen LogP contribution in [0.3, 0.4) is 0 Å². The molecule has 88 valence electrons. The molecular weight excluding hydrogens is 228 g/mol. The molecule has 0 bridgehead atoms.